The number of hydrogen-bond donors (Lipinski definition) is 3. The molecular formula is C27H26N6O9. The van der Waals surface area contributed by atoms with E-state index in [1.165, 1.54) is 36.4 Å². The number of anilines is 2. The van der Waals surface area contributed by atoms with Gasteiger partial charge in [0.05, 0.1) is 20.7 Å². The zero-order valence-electron chi connectivity index (χ0n) is 22.6. The first-order chi connectivity index (χ1) is 19.7. The largest absolute Gasteiger partial charge is 0.351 e. The number of rotatable bonds is 10. The summed E-state index contributed by atoms with van der Waals surface area (Å²) in [6, 6.07) is 14.3. The minimum atomic E-state index is -1.78. The minimum absolute atomic E-state index is 0.0948. The summed E-state index contributed by atoms with van der Waals surface area (Å²) in [5, 5.41) is 40.9. The molecule has 15 nitrogen and oxygen atoms in total. The van der Waals surface area contributed by atoms with Crippen molar-refractivity contribution in [3.8, 4) is 0 Å². The average Bonchev–Trinajstić information content (AvgIpc) is 2.91. The maximum absolute atomic E-state index is 13.7. The number of non-ortho nitro benzene ring substituents is 3. The van der Waals surface area contributed by atoms with Gasteiger partial charge in [0.25, 0.3) is 17.1 Å². The van der Waals surface area contributed by atoms with Crippen LogP contribution in [0.15, 0.2) is 72.8 Å². The van der Waals surface area contributed by atoms with Gasteiger partial charge in [0, 0.05) is 53.3 Å². The monoisotopic (exact) mass is 578 g/mol. The van der Waals surface area contributed by atoms with Crippen molar-refractivity contribution in [1.82, 2.24) is 5.32 Å². The van der Waals surface area contributed by atoms with Crippen molar-refractivity contribution in [1.29, 1.82) is 0 Å². The van der Waals surface area contributed by atoms with E-state index in [1.54, 1.807) is 20.8 Å². The molecule has 0 aliphatic carbocycles. The van der Waals surface area contributed by atoms with Gasteiger partial charge < -0.3 is 16.0 Å². The Morgan fingerprint density at radius 2 is 0.929 bits per heavy atom. The topological polar surface area (TPSA) is 217 Å². The van der Waals surface area contributed by atoms with Crippen molar-refractivity contribution < 1.29 is 29.2 Å². The number of nitrogens with zero attached hydrogens (tertiary/aromatic N) is 3. The van der Waals surface area contributed by atoms with Gasteiger partial charge in [-0.05, 0) is 50.6 Å². The lowest BCUT2D eigenvalue weighted by molar-refractivity contribution is -0.385. The number of nitro groups is 3. The van der Waals surface area contributed by atoms with Crippen molar-refractivity contribution >= 4 is 46.2 Å². The highest BCUT2D eigenvalue weighted by Crippen LogP contribution is 2.31. The molecule has 3 rings (SSSR count). The minimum Gasteiger partial charge on any atom is -0.351 e. The van der Waals surface area contributed by atoms with Crippen LogP contribution in [0, 0.1) is 36.3 Å². The van der Waals surface area contributed by atoms with Crippen molar-refractivity contribution in [3.63, 3.8) is 0 Å². The number of nitro benzene ring substituents is 3. The van der Waals surface area contributed by atoms with E-state index in [4.69, 9.17) is 0 Å². The first-order valence-corrected chi connectivity index (χ1v) is 12.3. The molecule has 0 aromatic heterocycles. The van der Waals surface area contributed by atoms with Crippen molar-refractivity contribution in [2.24, 2.45) is 5.92 Å². The summed E-state index contributed by atoms with van der Waals surface area (Å²) in [6.07, 6.45) is 0. The van der Waals surface area contributed by atoms with Gasteiger partial charge in [-0.25, -0.2) is 0 Å². The Balaban J connectivity index is 2.08. The molecule has 0 aliphatic rings. The Bertz CT molecular complexity index is 1440. The third-order valence-corrected chi connectivity index (χ3v) is 5.83. The standard InChI is InChI=1S/C27H26N6O9/c1-27(2,3)30-26(36)22(16-4-10-19(11-5-16)31(37)38)23(24(34)28-17-6-12-20(13-7-17)32(39)40)25(35)29-18-8-14-21(15-9-18)33(41)42/h4-15,22-23H,1-3H3,(H,28,34)(H,29,35)(H,30,36). The lowest BCUT2D eigenvalue weighted by Gasteiger charge is -2.29. The Kier molecular flexibility index (Phi) is 9.26. The number of carbonyl (C=O) groups excluding carboxylic acids is 3. The second-order valence-corrected chi connectivity index (χ2v) is 10.1. The van der Waals surface area contributed by atoms with Crippen LogP contribution in [0.2, 0.25) is 0 Å². The predicted octanol–water partition coefficient (Wildman–Crippen LogP) is 4.30. The van der Waals surface area contributed by atoms with Crippen LogP contribution in [0.3, 0.4) is 0 Å². The maximum atomic E-state index is 13.7. The summed E-state index contributed by atoms with van der Waals surface area (Å²) in [6.45, 7) is 5.04. The van der Waals surface area contributed by atoms with Gasteiger partial charge in [-0.15, -0.1) is 0 Å². The van der Waals surface area contributed by atoms with E-state index in [2.05, 4.69) is 16.0 Å². The van der Waals surface area contributed by atoms with E-state index < -0.39 is 49.9 Å². The molecule has 3 N–H and O–H groups in total. The third-order valence-electron chi connectivity index (χ3n) is 5.83. The molecule has 218 valence electrons. The van der Waals surface area contributed by atoms with Gasteiger partial charge in [-0.2, -0.15) is 0 Å². The van der Waals surface area contributed by atoms with E-state index in [-0.39, 0.29) is 34.0 Å². The molecule has 0 radical (unpaired) electrons. The highest BCUT2D eigenvalue weighted by Gasteiger charge is 2.41. The highest BCUT2D eigenvalue weighted by atomic mass is 16.6. The lowest BCUT2D eigenvalue weighted by Crippen LogP contribution is -2.49. The van der Waals surface area contributed by atoms with Crippen LogP contribution in [0.4, 0.5) is 28.4 Å². The van der Waals surface area contributed by atoms with Crippen LogP contribution in [-0.2, 0) is 14.4 Å². The van der Waals surface area contributed by atoms with Gasteiger partial charge in [-0.3, -0.25) is 44.7 Å². The zero-order valence-corrected chi connectivity index (χ0v) is 22.6. The van der Waals surface area contributed by atoms with Crippen molar-refractivity contribution in [2.75, 3.05) is 10.6 Å². The Morgan fingerprint density at radius 3 is 1.24 bits per heavy atom. The number of nitrogens with one attached hydrogen (secondary N) is 3. The van der Waals surface area contributed by atoms with Crippen LogP contribution in [0.1, 0.15) is 32.3 Å². The Hall–Kier alpha value is -5.73. The van der Waals surface area contributed by atoms with Gasteiger partial charge in [-0.1, -0.05) is 12.1 Å². The number of benzene rings is 3. The molecule has 15 heteroatoms. The molecule has 0 saturated heterocycles. The summed E-state index contributed by atoms with van der Waals surface area (Å²) in [5.74, 6) is -5.94. The molecule has 0 fully saturated rings. The molecule has 0 bridgehead atoms. The van der Waals surface area contributed by atoms with Crippen LogP contribution >= 0.6 is 0 Å². The number of amides is 3. The SMILES string of the molecule is CC(C)(C)NC(=O)C(c1ccc([N+](=O)[O-])cc1)C(C(=O)Nc1ccc([N+](=O)[O-])cc1)C(=O)Nc1ccc([N+](=O)[O-])cc1. The molecule has 0 spiro atoms. The van der Waals surface area contributed by atoms with Crippen LogP contribution in [-0.4, -0.2) is 38.0 Å². The zero-order chi connectivity index (χ0) is 31.2. The predicted molar refractivity (Wildman–Crippen MR) is 151 cm³/mol. The highest BCUT2D eigenvalue weighted by molar-refractivity contribution is 6.14. The van der Waals surface area contributed by atoms with Gasteiger partial charge in [0.2, 0.25) is 17.7 Å². The Morgan fingerprint density at radius 1 is 0.595 bits per heavy atom. The molecular weight excluding hydrogens is 552 g/mol. The van der Waals surface area contributed by atoms with E-state index in [9.17, 15) is 44.7 Å². The summed E-state index contributed by atoms with van der Waals surface area (Å²) >= 11 is 0. The summed E-state index contributed by atoms with van der Waals surface area (Å²) < 4.78 is 0. The fourth-order valence-electron chi connectivity index (χ4n) is 3.94. The lowest BCUT2D eigenvalue weighted by atomic mass is 9.82. The number of hydrogen-bond acceptors (Lipinski definition) is 9. The van der Waals surface area contributed by atoms with Crippen LogP contribution < -0.4 is 16.0 Å². The first-order valence-electron chi connectivity index (χ1n) is 12.3. The second kappa shape index (κ2) is 12.6. The van der Waals surface area contributed by atoms with E-state index in [0.29, 0.717) is 0 Å². The Labute approximate surface area is 238 Å². The maximum Gasteiger partial charge on any atom is 0.269 e. The molecule has 0 heterocycles. The molecule has 3 amide bonds. The fourth-order valence-corrected chi connectivity index (χ4v) is 3.94. The molecule has 3 aromatic rings. The molecule has 0 saturated carbocycles. The average molecular weight is 579 g/mol. The van der Waals surface area contributed by atoms with Crippen LogP contribution in [0.25, 0.3) is 0 Å². The normalized spacial score (nSPS) is 11.7. The van der Waals surface area contributed by atoms with Crippen molar-refractivity contribution in [2.45, 2.75) is 32.2 Å². The molecule has 0 aliphatic heterocycles. The van der Waals surface area contributed by atoms with E-state index in [0.717, 1.165) is 36.4 Å². The second-order valence-electron chi connectivity index (χ2n) is 10.1. The smallest absolute Gasteiger partial charge is 0.269 e. The quantitative estimate of drug-likeness (QED) is 0.177. The molecule has 42 heavy (non-hydrogen) atoms. The first kappa shape index (κ1) is 30.8. The summed E-state index contributed by atoms with van der Waals surface area (Å²) in [7, 11) is 0. The third kappa shape index (κ3) is 7.91. The van der Waals surface area contributed by atoms with Gasteiger partial charge in [0.15, 0.2) is 0 Å². The molecule has 3 aromatic carbocycles. The van der Waals surface area contributed by atoms with E-state index >= 15 is 0 Å². The van der Waals surface area contributed by atoms with E-state index in [1.807, 2.05) is 0 Å². The number of carbonyl (C=O) groups is 3. The summed E-state index contributed by atoms with van der Waals surface area (Å²) in [5.41, 5.74) is -1.26. The fraction of sp³-hybridized carbons (Fsp3) is 0.222. The van der Waals surface area contributed by atoms with Gasteiger partial charge in [0.1, 0.15) is 5.92 Å². The van der Waals surface area contributed by atoms with Gasteiger partial charge >= 0.3 is 0 Å². The van der Waals surface area contributed by atoms with Crippen molar-refractivity contribution in [3.05, 3.63) is 109 Å². The van der Waals surface area contributed by atoms with Crippen LogP contribution in [0.5, 0.6) is 0 Å². The summed E-state index contributed by atoms with van der Waals surface area (Å²) in [4.78, 5) is 72.3. The molecule has 1 unspecified atom stereocenters. The molecule has 1 atom stereocenters.